The van der Waals surface area contributed by atoms with Gasteiger partial charge in [-0.05, 0) is 17.0 Å². The van der Waals surface area contributed by atoms with E-state index in [9.17, 15) is 4.79 Å². The van der Waals surface area contributed by atoms with Crippen molar-refractivity contribution in [2.75, 3.05) is 11.9 Å². The highest BCUT2D eigenvalue weighted by Gasteiger charge is 2.04. The van der Waals surface area contributed by atoms with Crippen molar-refractivity contribution in [3.63, 3.8) is 0 Å². The van der Waals surface area contributed by atoms with Gasteiger partial charge in [-0.15, -0.1) is 0 Å². The molecule has 3 rings (SSSR count). The summed E-state index contributed by atoms with van der Waals surface area (Å²) in [6.07, 6.45) is 1.74. The molecule has 0 radical (unpaired) electrons. The van der Waals surface area contributed by atoms with Gasteiger partial charge >= 0.3 is 0 Å². The van der Waals surface area contributed by atoms with E-state index in [1.807, 2.05) is 67.6 Å². The maximum atomic E-state index is 12.0. The first-order chi connectivity index (χ1) is 12.2. The summed E-state index contributed by atoms with van der Waals surface area (Å²) < 4.78 is 0. The van der Waals surface area contributed by atoms with Gasteiger partial charge < -0.3 is 5.32 Å². The molecule has 4 nitrogen and oxygen atoms in total. The van der Waals surface area contributed by atoms with Crippen molar-refractivity contribution in [1.29, 1.82) is 0 Å². The van der Waals surface area contributed by atoms with Crippen LogP contribution in [0.3, 0.4) is 0 Å². The summed E-state index contributed by atoms with van der Waals surface area (Å²) in [7, 11) is 0. The average molecular weight is 331 g/mol. The third-order valence-electron chi connectivity index (χ3n) is 4.04. The third kappa shape index (κ3) is 4.44. The fourth-order valence-electron chi connectivity index (χ4n) is 2.66. The number of hydrogen-bond donors (Lipinski definition) is 2. The minimum atomic E-state index is -0.176. The number of rotatable bonds is 6. The van der Waals surface area contributed by atoms with Gasteiger partial charge in [0.1, 0.15) is 0 Å². The molecule has 3 aromatic carbocycles. The molecule has 0 aliphatic carbocycles. The summed E-state index contributed by atoms with van der Waals surface area (Å²) in [4.78, 5) is 12.0. The smallest absolute Gasteiger partial charge is 0.259 e. The second kappa shape index (κ2) is 8.11. The molecule has 0 aliphatic heterocycles. The summed E-state index contributed by atoms with van der Waals surface area (Å²) in [6, 6.07) is 24.1. The Morgan fingerprint density at radius 1 is 1.00 bits per heavy atom. The van der Waals surface area contributed by atoms with Crippen molar-refractivity contribution in [2.24, 2.45) is 5.10 Å². The molecular weight excluding hydrogens is 310 g/mol. The number of carbonyl (C=O) groups excluding carboxylic acids is 1. The Kier molecular flexibility index (Phi) is 5.42. The Morgan fingerprint density at radius 3 is 2.56 bits per heavy atom. The summed E-state index contributed by atoms with van der Waals surface area (Å²) in [5, 5.41) is 9.47. The van der Waals surface area contributed by atoms with Gasteiger partial charge in [0.05, 0.1) is 6.54 Å². The number of amides is 1. The molecule has 2 N–H and O–H groups in total. The number of nitrogens with zero attached hydrogens (tertiary/aromatic N) is 1. The molecule has 0 heterocycles. The maximum absolute atomic E-state index is 12.0. The first kappa shape index (κ1) is 16.7. The van der Waals surface area contributed by atoms with Crippen LogP contribution in [0.4, 0.5) is 5.69 Å². The van der Waals surface area contributed by atoms with E-state index in [1.165, 1.54) is 0 Å². The zero-order valence-corrected chi connectivity index (χ0v) is 14.1. The number of hydrazone groups is 1. The molecule has 126 valence electrons. The zero-order chi connectivity index (χ0) is 17.5. The van der Waals surface area contributed by atoms with Crippen LogP contribution in [0.15, 0.2) is 77.9 Å². The summed E-state index contributed by atoms with van der Waals surface area (Å²) >= 11 is 0. The van der Waals surface area contributed by atoms with E-state index >= 15 is 0 Å². The van der Waals surface area contributed by atoms with E-state index < -0.39 is 0 Å². The lowest BCUT2D eigenvalue weighted by Gasteiger charge is -2.09. The number of carbonyl (C=O) groups is 1. The minimum absolute atomic E-state index is 0.146. The first-order valence-corrected chi connectivity index (χ1v) is 8.32. The molecule has 0 unspecified atom stereocenters. The normalized spacial score (nSPS) is 12.2. The molecule has 3 aromatic rings. The number of hydrogen-bond acceptors (Lipinski definition) is 3. The van der Waals surface area contributed by atoms with Crippen LogP contribution in [0.1, 0.15) is 18.4 Å². The third-order valence-corrected chi connectivity index (χ3v) is 4.04. The van der Waals surface area contributed by atoms with E-state index in [0.29, 0.717) is 0 Å². The van der Waals surface area contributed by atoms with Gasteiger partial charge in [-0.25, -0.2) is 5.43 Å². The number of nitrogens with one attached hydrogen (secondary N) is 2. The van der Waals surface area contributed by atoms with Crippen molar-refractivity contribution in [3.05, 3.63) is 78.4 Å². The Labute approximate surface area is 147 Å². The van der Waals surface area contributed by atoms with Gasteiger partial charge in [0.2, 0.25) is 0 Å². The van der Waals surface area contributed by atoms with Crippen molar-refractivity contribution in [1.82, 2.24) is 5.43 Å². The van der Waals surface area contributed by atoms with Crippen molar-refractivity contribution >= 4 is 28.6 Å². The van der Waals surface area contributed by atoms with Crippen LogP contribution in [0.2, 0.25) is 0 Å². The highest BCUT2D eigenvalue weighted by atomic mass is 16.2. The van der Waals surface area contributed by atoms with E-state index in [2.05, 4.69) is 28.0 Å². The zero-order valence-electron chi connectivity index (χ0n) is 14.1. The Balaban J connectivity index is 1.53. The average Bonchev–Trinajstić information content (AvgIpc) is 2.67. The van der Waals surface area contributed by atoms with Gasteiger partial charge in [-0.3, -0.25) is 4.79 Å². The highest BCUT2D eigenvalue weighted by molar-refractivity contribution is 5.95. The van der Waals surface area contributed by atoms with Crippen LogP contribution in [0.5, 0.6) is 0 Å². The summed E-state index contributed by atoms with van der Waals surface area (Å²) in [6.45, 7) is 2.21. The predicted octanol–water partition coefficient (Wildman–Crippen LogP) is 4.16. The standard InChI is InChI=1S/C21H21N3O/c1-16(17-8-3-2-4-9-17)14-23-24-21(25)15-22-20-13-7-11-18-10-5-6-12-19(18)20/h2-14,16,22H,15H2,1H3,(H,24,25)/b23-14-/t16-/m1/s1. The summed E-state index contributed by atoms with van der Waals surface area (Å²) in [5.74, 6) is -0.0306. The predicted molar refractivity (Wildman–Crippen MR) is 104 cm³/mol. The lowest BCUT2D eigenvalue weighted by Crippen LogP contribution is -2.26. The summed E-state index contributed by atoms with van der Waals surface area (Å²) in [5.41, 5.74) is 4.67. The monoisotopic (exact) mass is 331 g/mol. The van der Waals surface area contributed by atoms with Crippen molar-refractivity contribution < 1.29 is 4.79 Å². The molecule has 0 spiro atoms. The fraction of sp³-hybridized carbons (Fsp3) is 0.143. The van der Waals surface area contributed by atoms with Crippen LogP contribution in [0.25, 0.3) is 10.8 Å². The Morgan fingerprint density at radius 2 is 1.72 bits per heavy atom. The van der Waals surface area contributed by atoms with Gasteiger partial charge in [0, 0.05) is 23.2 Å². The number of fused-ring (bicyclic) bond motifs is 1. The molecule has 0 fully saturated rings. The molecule has 25 heavy (non-hydrogen) atoms. The van der Waals surface area contributed by atoms with Gasteiger partial charge in [-0.2, -0.15) is 5.10 Å². The molecule has 4 heteroatoms. The van der Waals surface area contributed by atoms with Crippen LogP contribution in [-0.2, 0) is 4.79 Å². The molecule has 0 bridgehead atoms. The first-order valence-electron chi connectivity index (χ1n) is 8.32. The van der Waals surface area contributed by atoms with Crippen LogP contribution in [0, 0.1) is 0 Å². The second-order valence-corrected chi connectivity index (χ2v) is 5.89. The number of benzene rings is 3. The van der Waals surface area contributed by atoms with E-state index in [0.717, 1.165) is 22.0 Å². The van der Waals surface area contributed by atoms with Gasteiger partial charge in [0.25, 0.3) is 5.91 Å². The molecular formula is C21H21N3O. The second-order valence-electron chi connectivity index (χ2n) is 5.89. The Bertz CT molecular complexity index is 869. The lowest BCUT2D eigenvalue weighted by atomic mass is 10.0. The molecule has 0 aliphatic rings. The maximum Gasteiger partial charge on any atom is 0.259 e. The highest BCUT2D eigenvalue weighted by Crippen LogP contribution is 2.22. The fourth-order valence-corrected chi connectivity index (χ4v) is 2.66. The lowest BCUT2D eigenvalue weighted by molar-refractivity contribution is -0.119. The SMILES string of the molecule is C[C@H](/C=N\NC(=O)CNc1cccc2ccccc12)c1ccccc1. The Hall–Kier alpha value is -3.14. The van der Waals surface area contributed by atoms with Crippen molar-refractivity contribution in [2.45, 2.75) is 12.8 Å². The molecule has 1 atom stereocenters. The molecule has 1 amide bonds. The van der Waals surface area contributed by atoms with Crippen LogP contribution < -0.4 is 10.7 Å². The van der Waals surface area contributed by atoms with Gasteiger partial charge in [0.15, 0.2) is 0 Å². The molecule has 0 aromatic heterocycles. The molecule has 0 saturated heterocycles. The topological polar surface area (TPSA) is 53.5 Å². The van der Waals surface area contributed by atoms with Crippen molar-refractivity contribution in [3.8, 4) is 0 Å². The van der Waals surface area contributed by atoms with Crippen LogP contribution >= 0.6 is 0 Å². The minimum Gasteiger partial charge on any atom is -0.376 e. The van der Waals surface area contributed by atoms with E-state index in [-0.39, 0.29) is 18.4 Å². The van der Waals surface area contributed by atoms with E-state index in [1.54, 1.807) is 6.21 Å². The van der Waals surface area contributed by atoms with Crippen LogP contribution in [-0.4, -0.2) is 18.7 Å². The van der Waals surface area contributed by atoms with Gasteiger partial charge in [-0.1, -0.05) is 73.7 Å². The molecule has 0 saturated carbocycles. The quantitative estimate of drug-likeness (QED) is 0.526. The van der Waals surface area contributed by atoms with E-state index in [4.69, 9.17) is 0 Å². The largest absolute Gasteiger partial charge is 0.376 e. The number of anilines is 1.